The van der Waals surface area contributed by atoms with E-state index >= 15 is 0 Å². The average molecular weight is 189 g/mol. The van der Waals surface area contributed by atoms with E-state index in [-0.39, 0.29) is 11.0 Å². The number of thiocyanates is 1. The van der Waals surface area contributed by atoms with Gasteiger partial charge < -0.3 is 0 Å². The van der Waals surface area contributed by atoms with Crippen LogP contribution in [0.3, 0.4) is 0 Å². The number of fused-ring (bicyclic) bond motifs is 1. The molecule has 1 aliphatic rings. The summed E-state index contributed by atoms with van der Waals surface area (Å²) in [6, 6.07) is 7.56. The molecule has 2 rings (SSSR count). The number of rotatable bonds is 1. The second kappa shape index (κ2) is 3.23. The molecule has 1 atom stereocenters. The molecule has 2 nitrogen and oxygen atoms in total. The number of hydrogen-bond donors (Lipinski definition) is 0. The van der Waals surface area contributed by atoms with Crippen molar-refractivity contribution in [2.24, 2.45) is 0 Å². The van der Waals surface area contributed by atoms with Crippen LogP contribution in [0.4, 0.5) is 0 Å². The number of nitrogens with zero attached hydrogens (tertiary/aromatic N) is 1. The Morgan fingerprint density at radius 2 is 2.23 bits per heavy atom. The third-order valence-corrected chi connectivity index (χ3v) is 2.95. The molecule has 0 amide bonds. The summed E-state index contributed by atoms with van der Waals surface area (Å²) in [6.45, 7) is 0. The number of carbonyl (C=O) groups is 1. The van der Waals surface area contributed by atoms with E-state index < -0.39 is 0 Å². The summed E-state index contributed by atoms with van der Waals surface area (Å²) in [4.78, 5) is 11.6. The van der Waals surface area contributed by atoms with Crippen LogP contribution in [0.5, 0.6) is 0 Å². The maximum absolute atomic E-state index is 11.6. The van der Waals surface area contributed by atoms with E-state index in [0.29, 0.717) is 6.42 Å². The van der Waals surface area contributed by atoms with Crippen molar-refractivity contribution >= 4 is 17.5 Å². The molecule has 3 heteroatoms. The minimum absolute atomic E-state index is 0.0992. The van der Waals surface area contributed by atoms with Crippen LogP contribution in [-0.4, -0.2) is 11.0 Å². The van der Waals surface area contributed by atoms with Gasteiger partial charge in [-0.05, 0) is 23.7 Å². The third kappa shape index (κ3) is 1.34. The van der Waals surface area contributed by atoms with Crippen molar-refractivity contribution in [2.45, 2.75) is 11.7 Å². The molecule has 0 aliphatic heterocycles. The van der Waals surface area contributed by atoms with E-state index in [9.17, 15) is 4.79 Å². The SMILES string of the molecule is N#CSC1Cc2ccccc2C1=O. The molecule has 0 spiro atoms. The highest BCUT2D eigenvalue weighted by Gasteiger charge is 2.30. The van der Waals surface area contributed by atoms with Gasteiger partial charge in [-0.25, -0.2) is 0 Å². The standard InChI is InChI=1S/C10H7NOS/c11-6-13-9-5-7-3-1-2-4-8(7)10(9)12/h1-4,9H,5H2. The lowest BCUT2D eigenvalue weighted by Gasteiger charge is -1.97. The van der Waals surface area contributed by atoms with Gasteiger partial charge in [-0.2, -0.15) is 5.26 Å². The zero-order chi connectivity index (χ0) is 9.26. The molecule has 1 unspecified atom stereocenters. The Balaban J connectivity index is 2.34. The quantitative estimate of drug-likeness (QED) is 0.634. The van der Waals surface area contributed by atoms with E-state index in [0.717, 1.165) is 22.9 Å². The fourth-order valence-electron chi connectivity index (χ4n) is 1.56. The topological polar surface area (TPSA) is 40.9 Å². The van der Waals surface area contributed by atoms with Gasteiger partial charge in [-0.1, -0.05) is 24.3 Å². The largest absolute Gasteiger partial charge is 0.293 e. The van der Waals surface area contributed by atoms with Gasteiger partial charge >= 0.3 is 0 Å². The normalized spacial score (nSPS) is 19.6. The van der Waals surface area contributed by atoms with E-state index in [1.807, 2.05) is 29.7 Å². The Morgan fingerprint density at radius 3 is 2.92 bits per heavy atom. The molecular formula is C10H7NOS. The van der Waals surface area contributed by atoms with Crippen LogP contribution >= 0.6 is 11.8 Å². The molecule has 1 aromatic carbocycles. The summed E-state index contributed by atoms with van der Waals surface area (Å²) in [5, 5.41) is 10.3. The Kier molecular flexibility index (Phi) is 2.07. The van der Waals surface area contributed by atoms with Crippen LogP contribution in [0.15, 0.2) is 24.3 Å². The smallest absolute Gasteiger partial charge is 0.177 e. The first kappa shape index (κ1) is 8.33. The Morgan fingerprint density at radius 1 is 1.46 bits per heavy atom. The summed E-state index contributed by atoms with van der Waals surface area (Å²) in [7, 11) is 0. The number of nitriles is 1. The van der Waals surface area contributed by atoms with E-state index in [1.54, 1.807) is 0 Å². The highest BCUT2D eigenvalue weighted by Crippen LogP contribution is 2.29. The first-order valence-electron chi connectivity index (χ1n) is 4.00. The minimum Gasteiger partial charge on any atom is -0.293 e. The molecule has 0 N–H and O–H groups in total. The molecule has 0 saturated heterocycles. The van der Waals surface area contributed by atoms with Crippen LogP contribution in [0.25, 0.3) is 0 Å². The first-order valence-corrected chi connectivity index (χ1v) is 4.88. The molecule has 0 radical (unpaired) electrons. The summed E-state index contributed by atoms with van der Waals surface area (Å²) < 4.78 is 0. The highest BCUT2D eigenvalue weighted by molar-refractivity contribution is 8.05. The first-order chi connectivity index (χ1) is 6.33. The van der Waals surface area contributed by atoms with Crippen molar-refractivity contribution in [1.82, 2.24) is 0 Å². The number of hydrogen-bond acceptors (Lipinski definition) is 3. The highest BCUT2D eigenvalue weighted by atomic mass is 32.2. The van der Waals surface area contributed by atoms with Crippen LogP contribution in [0, 0.1) is 10.7 Å². The molecule has 13 heavy (non-hydrogen) atoms. The summed E-state index contributed by atoms with van der Waals surface area (Å²) in [5.41, 5.74) is 1.86. The molecule has 0 bridgehead atoms. The average Bonchev–Trinajstić information content (AvgIpc) is 2.46. The monoisotopic (exact) mass is 189 g/mol. The fourth-order valence-corrected chi connectivity index (χ4v) is 2.19. The van der Waals surface area contributed by atoms with Gasteiger partial charge in [0.2, 0.25) is 0 Å². The summed E-state index contributed by atoms with van der Waals surface area (Å²) in [5.74, 6) is 0.0992. The van der Waals surface area contributed by atoms with Crippen molar-refractivity contribution in [3.63, 3.8) is 0 Å². The van der Waals surface area contributed by atoms with Crippen molar-refractivity contribution in [3.05, 3.63) is 35.4 Å². The predicted octanol–water partition coefficient (Wildman–Crippen LogP) is 2.01. The lowest BCUT2D eigenvalue weighted by molar-refractivity contribution is 0.100. The van der Waals surface area contributed by atoms with Crippen LogP contribution in [0.1, 0.15) is 15.9 Å². The summed E-state index contributed by atoms with van der Waals surface area (Å²) in [6.07, 6.45) is 0.702. The summed E-state index contributed by atoms with van der Waals surface area (Å²) >= 11 is 1.06. The lowest BCUT2D eigenvalue weighted by atomic mass is 10.1. The van der Waals surface area contributed by atoms with Gasteiger partial charge in [0.1, 0.15) is 5.40 Å². The number of thioether (sulfide) groups is 1. The van der Waals surface area contributed by atoms with Gasteiger partial charge in [0.15, 0.2) is 5.78 Å². The second-order valence-electron chi connectivity index (χ2n) is 2.92. The van der Waals surface area contributed by atoms with Gasteiger partial charge in [0, 0.05) is 5.56 Å². The third-order valence-electron chi connectivity index (χ3n) is 2.18. The molecule has 1 aliphatic carbocycles. The number of Topliss-reactive ketones (excluding diaryl/α,β-unsaturated/α-hetero) is 1. The zero-order valence-corrected chi connectivity index (χ0v) is 7.67. The molecule has 64 valence electrons. The van der Waals surface area contributed by atoms with Crippen molar-refractivity contribution < 1.29 is 4.79 Å². The zero-order valence-electron chi connectivity index (χ0n) is 6.86. The van der Waals surface area contributed by atoms with Crippen molar-refractivity contribution in [1.29, 1.82) is 5.26 Å². The minimum atomic E-state index is -0.178. The molecule has 0 saturated carbocycles. The number of carbonyl (C=O) groups excluding carboxylic acids is 1. The van der Waals surface area contributed by atoms with Gasteiger partial charge in [-0.15, -0.1) is 0 Å². The second-order valence-corrected chi connectivity index (χ2v) is 3.91. The molecule has 0 heterocycles. The number of benzene rings is 1. The Hall–Kier alpha value is -1.27. The van der Waals surface area contributed by atoms with E-state index in [2.05, 4.69) is 0 Å². The lowest BCUT2D eigenvalue weighted by Crippen LogP contribution is -2.09. The van der Waals surface area contributed by atoms with Gasteiger partial charge in [0.05, 0.1) is 5.25 Å². The Bertz CT molecular complexity index is 394. The molecule has 0 fully saturated rings. The maximum Gasteiger partial charge on any atom is 0.177 e. The molecule has 1 aromatic rings. The van der Waals surface area contributed by atoms with Gasteiger partial charge in [0.25, 0.3) is 0 Å². The Labute approximate surface area is 80.6 Å². The van der Waals surface area contributed by atoms with Crippen LogP contribution in [0.2, 0.25) is 0 Å². The van der Waals surface area contributed by atoms with Crippen LogP contribution in [-0.2, 0) is 6.42 Å². The molecule has 0 aromatic heterocycles. The van der Waals surface area contributed by atoms with Crippen molar-refractivity contribution in [3.8, 4) is 5.40 Å². The number of ketones is 1. The predicted molar refractivity (Wildman–Crippen MR) is 51.5 cm³/mol. The van der Waals surface area contributed by atoms with Crippen molar-refractivity contribution in [2.75, 3.05) is 0 Å². The van der Waals surface area contributed by atoms with Gasteiger partial charge in [-0.3, -0.25) is 4.79 Å². The molecular weight excluding hydrogens is 182 g/mol. The maximum atomic E-state index is 11.6. The van der Waals surface area contributed by atoms with E-state index in [1.165, 1.54) is 0 Å². The van der Waals surface area contributed by atoms with E-state index in [4.69, 9.17) is 5.26 Å². The fraction of sp³-hybridized carbons (Fsp3) is 0.200. The van der Waals surface area contributed by atoms with Crippen LogP contribution < -0.4 is 0 Å².